The molecule has 186 valence electrons. The molecule has 0 aliphatic heterocycles. The highest BCUT2D eigenvalue weighted by atomic mass is 79.9. The van der Waals surface area contributed by atoms with Crippen LogP contribution in [0, 0.1) is 0 Å². The van der Waals surface area contributed by atoms with E-state index in [1.165, 1.54) is 25.1 Å². The van der Waals surface area contributed by atoms with Crippen molar-refractivity contribution in [2.75, 3.05) is 20.8 Å². The third kappa shape index (κ3) is 4.96. The van der Waals surface area contributed by atoms with Crippen LogP contribution in [0.25, 0.3) is 33.5 Å². The minimum Gasteiger partial charge on any atom is -0.493 e. The van der Waals surface area contributed by atoms with Gasteiger partial charge in [-0.05, 0) is 60.2 Å². The number of esters is 1. The lowest BCUT2D eigenvalue weighted by molar-refractivity contribution is -0.142. The van der Waals surface area contributed by atoms with Crippen LogP contribution < -0.4 is 15.0 Å². The summed E-state index contributed by atoms with van der Waals surface area (Å²) in [5.74, 6) is 0.902. The Morgan fingerprint density at radius 2 is 1.92 bits per heavy atom. The number of rotatable bonds is 7. The molecule has 2 heterocycles. The standard InChI is InChI=1S/C27H20BrN3O6/c1-34-23-11-16(7-9-22(23)36-15-25(32)35-2)14-29-31-26(30-20-6-4-3-5-19(20)27(31)33)24-13-17-12-18(28)8-10-21(17)37-24/h3-14H,15H2,1-2H3. The second-order valence-corrected chi connectivity index (χ2v) is 8.80. The van der Waals surface area contributed by atoms with E-state index >= 15 is 0 Å². The van der Waals surface area contributed by atoms with E-state index < -0.39 is 5.97 Å². The molecule has 0 fully saturated rings. The first kappa shape index (κ1) is 24.3. The predicted octanol–water partition coefficient (Wildman–Crippen LogP) is 5.01. The maximum Gasteiger partial charge on any atom is 0.343 e. The number of halogens is 1. The normalized spacial score (nSPS) is 11.3. The lowest BCUT2D eigenvalue weighted by Crippen LogP contribution is -2.20. The molecule has 0 bridgehead atoms. The van der Waals surface area contributed by atoms with Crippen molar-refractivity contribution in [1.29, 1.82) is 0 Å². The summed E-state index contributed by atoms with van der Waals surface area (Å²) < 4.78 is 23.6. The Morgan fingerprint density at radius 3 is 2.73 bits per heavy atom. The highest BCUT2D eigenvalue weighted by Crippen LogP contribution is 2.30. The van der Waals surface area contributed by atoms with Gasteiger partial charge in [-0.25, -0.2) is 9.78 Å². The summed E-state index contributed by atoms with van der Waals surface area (Å²) in [5, 5.41) is 5.74. The smallest absolute Gasteiger partial charge is 0.343 e. The summed E-state index contributed by atoms with van der Waals surface area (Å²) in [7, 11) is 2.77. The quantitative estimate of drug-likeness (QED) is 0.203. The third-order valence-corrected chi connectivity index (χ3v) is 6.03. The zero-order chi connectivity index (χ0) is 25.9. The van der Waals surface area contributed by atoms with E-state index in [1.54, 1.807) is 36.4 Å². The monoisotopic (exact) mass is 561 g/mol. The van der Waals surface area contributed by atoms with Crippen molar-refractivity contribution in [2.45, 2.75) is 0 Å². The van der Waals surface area contributed by atoms with E-state index in [1.807, 2.05) is 30.3 Å². The van der Waals surface area contributed by atoms with Crippen molar-refractivity contribution < 1.29 is 23.4 Å². The molecule has 0 saturated carbocycles. The van der Waals surface area contributed by atoms with Gasteiger partial charge in [0.2, 0.25) is 5.82 Å². The molecule has 0 N–H and O–H groups in total. The number of benzene rings is 3. The minimum atomic E-state index is -0.513. The molecule has 0 radical (unpaired) electrons. The van der Waals surface area contributed by atoms with E-state index in [0.29, 0.717) is 39.3 Å². The number of methoxy groups -OCH3 is 2. The minimum absolute atomic E-state index is 0.254. The van der Waals surface area contributed by atoms with Crippen LogP contribution in [0.5, 0.6) is 11.5 Å². The van der Waals surface area contributed by atoms with E-state index in [4.69, 9.17) is 13.9 Å². The number of carbonyl (C=O) groups excluding carboxylic acids is 1. The Morgan fingerprint density at radius 1 is 1.08 bits per heavy atom. The Labute approximate surface area is 219 Å². The van der Waals surface area contributed by atoms with E-state index in [9.17, 15) is 9.59 Å². The van der Waals surface area contributed by atoms with Crippen LogP contribution in [0.1, 0.15) is 5.56 Å². The van der Waals surface area contributed by atoms with E-state index in [-0.39, 0.29) is 18.0 Å². The summed E-state index contributed by atoms with van der Waals surface area (Å²) in [4.78, 5) is 29.5. The molecule has 10 heteroatoms. The zero-order valence-electron chi connectivity index (χ0n) is 19.8. The van der Waals surface area contributed by atoms with Crippen molar-refractivity contribution in [3.05, 3.63) is 87.1 Å². The van der Waals surface area contributed by atoms with Crippen molar-refractivity contribution in [3.8, 4) is 23.1 Å². The molecule has 0 aliphatic carbocycles. The molecular weight excluding hydrogens is 542 g/mol. The van der Waals surface area contributed by atoms with Gasteiger partial charge in [-0.2, -0.15) is 9.78 Å². The molecular formula is C27H20BrN3O6. The lowest BCUT2D eigenvalue weighted by Gasteiger charge is -2.10. The summed E-state index contributed by atoms with van der Waals surface area (Å²) in [6.45, 7) is -0.254. The molecule has 5 aromatic rings. The van der Waals surface area contributed by atoms with Crippen LogP contribution in [-0.2, 0) is 9.53 Å². The summed E-state index contributed by atoms with van der Waals surface area (Å²) in [5.41, 5.74) is 1.47. The number of carbonyl (C=O) groups is 1. The van der Waals surface area contributed by atoms with Crippen molar-refractivity contribution in [2.24, 2.45) is 5.10 Å². The molecule has 0 saturated heterocycles. The van der Waals surface area contributed by atoms with E-state index in [2.05, 4.69) is 30.8 Å². The SMILES string of the molecule is COC(=O)COc1ccc(C=Nn2c(-c3cc4cc(Br)ccc4o3)nc3ccccc3c2=O)cc1OC. The zero-order valence-corrected chi connectivity index (χ0v) is 21.4. The predicted molar refractivity (Wildman–Crippen MR) is 142 cm³/mol. The lowest BCUT2D eigenvalue weighted by atomic mass is 10.2. The van der Waals surface area contributed by atoms with Gasteiger partial charge in [0.15, 0.2) is 23.9 Å². The summed E-state index contributed by atoms with van der Waals surface area (Å²) in [6.07, 6.45) is 1.51. The van der Waals surface area contributed by atoms with Crippen molar-refractivity contribution >= 4 is 50.0 Å². The van der Waals surface area contributed by atoms with Crippen LogP contribution in [0.2, 0.25) is 0 Å². The fourth-order valence-corrected chi connectivity index (χ4v) is 4.10. The first-order valence-electron chi connectivity index (χ1n) is 11.1. The molecule has 37 heavy (non-hydrogen) atoms. The fraction of sp³-hybridized carbons (Fsp3) is 0.111. The van der Waals surface area contributed by atoms with Gasteiger partial charge in [-0.15, -0.1) is 0 Å². The van der Waals surface area contributed by atoms with Gasteiger partial charge in [-0.3, -0.25) is 4.79 Å². The van der Waals surface area contributed by atoms with Gasteiger partial charge < -0.3 is 18.6 Å². The van der Waals surface area contributed by atoms with Gasteiger partial charge in [-0.1, -0.05) is 28.1 Å². The van der Waals surface area contributed by atoms with Gasteiger partial charge >= 0.3 is 5.97 Å². The summed E-state index contributed by atoms with van der Waals surface area (Å²) >= 11 is 3.47. The Bertz CT molecular complexity index is 1720. The maximum atomic E-state index is 13.4. The Hall–Kier alpha value is -4.44. The molecule has 0 amide bonds. The number of aromatic nitrogens is 2. The number of fused-ring (bicyclic) bond motifs is 2. The topological polar surface area (TPSA) is 105 Å². The number of hydrogen-bond acceptors (Lipinski definition) is 8. The van der Waals surface area contributed by atoms with Crippen molar-refractivity contribution in [1.82, 2.24) is 9.66 Å². The average Bonchev–Trinajstić information content (AvgIpc) is 3.34. The second kappa shape index (κ2) is 10.3. The first-order valence-corrected chi connectivity index (χ1v) is 11.9. The number of nitrogens with zero attached hydrogens (tertiary/aromatic N) is 3. The first-order chi connectivity index (χ1) is 18.0. The molecule has 0 unspecified atom stereocenters. The molecule has 0 atom stereocenters. The molecule has 5 rings (SSSR count). The van der Waals surface area contributed by atoms with Gasteiger partial charge in [0.1, 0.15) is 5.58 Å². The summed E-state index contributed by atoms with van der Waals surface area (Å²) in [6, 6.07) is 19.6. The molecule has 0 aliphatic rings. The number of hydrogen-bond donors (Lipinski definition) is 0. The molecule has 2 aromatic heterocycles. The molecule has 9 nitrogen and oxygen atoms in total. The third-order valence-electron chi connectivity index (χ3n) is 5.54. The van der Waals surface area contributed by atoms with Crippen LogP contribution >= 0.6 is 15.9 Å². The average molecular weight is 562 g/mol. The van der Waals surface area contributed by atoms with E-state index in [0.717, 1.165) is 9.86 Å². The number of ether oxygens (including phenoxy) is 3. The van der Waals surface area contributed by atoms with Crippen LogP contribution in [-0.4, -0.2) is 42.7 Å². The van der Waals surface area contributed by atoms with Crippen LogP contribution in [0.3, 0.4) is 0 Å². The highest BCUT2D eigenvalue weighted by molar-refractivity contribution is 9.10. The number of para-hydroxylation sites is 1. The largest absolute Gasteiger partial charge is 0.493 e. The highest BCUT2D eigenvalue weighted by Gasteiger charge is 2.17. The fourth-order valence-electron chi connectivity index (χ4n) is 3.72. The molecule has 3 aromatic carbocycles. The second-order valence-electron chi connectivity index (χ2n) is 7.88. The number of furan rings is 1. The Kier molecular flexibility index (Phi) is 6.74. The van der Waals surface area contributed by atoms with Gasteiger partial charge in [0, 0.05) is 9.86 Å². The van der Waals surface area contributed by atoms with Crippen LogP contribution in [0.15, 0.2) is 85.5 Å². The maximum absolute atomic E-state index is 13.4. The van der Waals surface area contributed by atoms with Crippen LogP contribution in [0.4, 0.5) is 0 Å². The molecule has 0 spiro atoms. The van der Waals surface area contributed by atoms with Gasteiger partial charge in [0.05, 0.1) is 31.3 Å². The van der Waals surface area contributed by atoms with Gasteiger partial charge in [0.25, 0.3) is 5.56 Å². The van der Waals surface area contributed by atoms with Crippen molar-refractivity contribution in [3.63, 3.8) is 0 Å². The Balaban J connectivity index is 1.58.